The summed E-state index contributed by atoms with van der Waals surface area (Å²) in [5.74, 6) is -0.681. The molecule has 280 valence electrons. The van der Waals surface area contributed by atoms with Crippen LogP contribution in [0.5, 0.6) is 0 Å². The Morgan fingerprint density at radius 3 is 1.40 bits per heavy atom. The molecule has 0 amide bonds. The van der Waals surface area contributed by atoms with E-state index in [1.165, 1.54) is 59.3 Å². The van der Waals surface area contributed by atoms with Gasteiger partial charge in [0.15, 0.2) is 11.6 Å². The van der Waals surface area contributed by atoms with Gasteiger partial charge in [-0.05, 0) is 123 Å². The lowest BCUT2D eigenvalue weighted by atomic mass is 10.0. The molecular weight excluding hydrogens is 835 g/mol. The second kappa shape index (κ2) is 15.9. The topological polar surface area (TPSA) is 102 Å². The Morgan fingerprint density at radius 2 is 0.927 bits per heavy atom. The van der Waals surface area contributed by atoms with Crippen LogP contribution in [0.2, 0.25) is 15.1 Å². The minimum Gasteiger partial charge on any atom is -0.289 e. The van der Waals surface area contributed by atoms with Crippen molar-refractivity contribution in [3.63, 3.8) is 0 Å². The van der Waals surface area contributed by atoms with Gasteiger partial charge in [-0.3, -0.25) is 9.59 Å². The summed E-state index contributed by atoms with van der Waals surface area (Å²) in [5, 5.41) is 0.0951. The third-order valence-corrected chi connectivity index (χ3v) is 15.2. The lowest BCUT2D eigenvalue weighted by Gasteiger charge is -2.21. The third kappa shape index (κ3) is 8.05. The van der Waals surface area contributed by atoms with Crippen LogP contribution in [-0.4, -0.2) is 28.4 Å². The fourth-order valence-corrected chi connectivity index (χ4v) is 12.6. The van der Waals surface area contributed by atoms with Gasteiger partial charge in [-0.2, -0.15) is 0 Å². The fraction of sp³-hybridized carbons (Fsp3) is 0.0952. The summed E-state index contributed by atoms with van der Waals surface area (Å²) in [6.45, 7) is 8.16. The Bertz CT molecular complexity index is 2730. The molecule has 55 heavy (non-hydrogen) atoms. The predicted octanol–water partition coefficient (Wildman–Crippen LogP) is 11.4. The summed E-state index contributed by atoms with van der Waals surface area (Å²) in [5.41, 5.74) is 5.33. The zero-order valence-corrected chi connectivity index (χ0v) is 35.3. The van der Waals surface area contributed by atoms with Gasteiger partial charge >= 0.3 is 0 Å². The van der Waals surface area contributed by atoms with Crippen molar-refractivity contribution < 1.29 is 26.4 Å². The van der Waals surface area contributed by atoms with E-state index < -0.39 is 19.7 Å². The monoisotopic (exact) mass is 864 g/mol. The molecule has 2 aliphatic rings. The standard InChI is InChI=1S/C21H15ClO3S2.C13H6Cl2O3S.C8H10S/c1-12-9-13(2)11-14(10-12)26-17-8-7-16-20(23)15-5-3-4-6-18(15)27(24,25)21(16)19(17)22;14-9-6-5-8-12(16)7-3-1-2-4-10(7)19(17,18)13(8)11(9)15;1-6-3-7(2)5-8(9)4-6/h3-11H,1-2H3;1-6H;3-5,9H,1-2H3. The van der Waals surface area contributed by atoms with Crippen molar-refractivity contribution in [2.75, 3.05) is 0 Å². The summed E-state index contributed by atoms with van der Waals surface area (Å²) < 4.78 is 51.3. The number of carbonyl (C=O) groups is 2. The second-order valence-electron chi connectivity index (χ2n) is 12.9. The number of benzene rings is 6. The maximum Gasteiger partial charge on any atom is 0.209 e. The molecule has 0 spiro atoms. The number of carbonyl (C=O) groups excluding carboxylic acids is 2. The average molecular weight is 866 g/mol. The van der Waals surface area contributed by atoms with Gasteiger partial charge in [-0.25, -0.2) is 16.8 Å². The molecule has 13 heteroatoms. The van der Waals surface area contributed by atoms with Crippen molar-refractivity contribution in [2.45, 2.75) is 62.0 Å². The molecule has 6 aromatic rings. The number of aryl methyl sites for hydroxylation is 4. The van der Waals surface area contributed by atoms with E-state index in [0.717, 1.165) is 20.9 Å². The van der Waals surface area contributed by atoms with Crippen LogP contribution in [0, 0.1) is 27.7 Å². The van der Waals surface area contributed by atoms with E-state index in [4.69, 9.17) is 34.8 Å². The van der Waals surface area contributed by atoms with E-state index in [-0.39, 0.29) is 68.5 Å². The van der Waals surface area contributed by atoms with E-state index in [2.05, 4.69) is 50.7 Å². The van der Waals surface area contributed by atoms with Crippen molar-refractivity contribution in [1.82, 2.24) is 0 Å². The molecule has 6 aromatic carbocycles. The van der Waals surface area contributed by atoms with E-state index >= 15 is 0 Å². The molecule has 0 aromatic heterocycles. The van der Waals surface area contributed by atoms with Gasteiger partial charge in [0.2, 0.25) is 19.7 Å². The quantitative estimate of drug-likeness (QED) is 0.173. The number of halogens is 3. The molecule has 6 nitrogen and oxygen atoms in total. The van der Waals surface area contributed by atoms with Crippen molar-refractivity contribution in [2.24, 2.45) is 0 Å². The Kier molecular flexibility index (Phi) is 11.8. The number of hydrogen-bond acceptors (Lipinski definition) is 8. The van der Waals surface area contributed by atoms with E-state index in [9.17, 15) is 26.4 Å². The normalized spacial score (nSPS) is 14.2. The molecule has 8 rings (SSSR count). The Balaban J connectivity index is 0.000000159. The van der Waals surface area contributed by atoms with Gasteiger partial charge in [0.1, 0.15) is 9.79 Å². The van der Waals surface area contributed by atoms with Crippen LogP contribution < -0.4 is 0 Å². The number of ketones is 2. The first-order valence-corrected chi connectivity index (χ1v) is 21.9. The molecule has 0 bridgehead atoms. The molecule has 2 aliphatic heterocycles. The van der Waals surface area contributed by atoms with Crippen LogP contribution in [-0.2, 0) is 19.7 Å². The lowest BCUT2D eigenvalue weighted by molar-refractivity contribution is 0.102. The highest BCUT2D eigenvalue weighted by Gasteiger charge is 2.38. The molecule has 0 radical (unpaired) electrons. The second-order valence-corrected chi connectivity index (χ2v) is 19.4. The summed E-state index contributed by atoms with van der Waals surface area (Å²) in [7, 11) is -7.69. The zero-order valence-electron chi connectivity index (χ0n) is 29.6. The Labute approximate surface area is 345 Å². The molecule has 0 saturated carbocycles. The molecule has 2 heterocycles. The van der Waals surface area contributed by atoms with Crippen LogP contribution in [0.4, 0.5) is 0 Å². The highest BCUT2D eigenvalue weighted by molar-refractivity contribution is 7.99. The van der Waals surface area contributed by atoms with E-state index in [1.54, 1.807) is 36.4 Å². The van der Waals surface area contributed by atoms with Gasteiger partial charge in [0.05, 0.1) is 24.9 Å². The van der Waals surface area contributed by atoms with Crippen molar-refractivity contribution in [1.29, 1.82) is 0 Å². The van der Waals surface area contributed by atoms with Crippen molar-refractivity contribution >= 4 is 90.4 Å². The fourth-order valence-electron chi connectivity index (χ4n) is 6.39. The molecular formula is C42H31Cl3O6S4. The van der Waals surface area contributed by atoms with Gasteiger partial charge in [-0.15, -0.1) is 12.6 Å². The minimum absolute atomic E-state index is 0.0120. The summed E-state index contributed by atoms with van der Waals surface area (Å²) in [6.07, 6.45) is 0. The van der Waals surface area contributed by atoms with Gasteiger partial charge < -0.3 is 0 Å². The first-order valence-electron chi connectivity index (χ1n) is 16.5. The first-order chi connectivity index (χ1) is 25.9. The zero-order chi connectivity index (χ0) is 40.0. The highest BCUT2D eigenvalue weighted by atomic mass is 35.5. The van der Waals surface area contributed by atoms with Crippen LogP contribution >= 0.6 is 59.2 Å². The number of sulfone groups is 2. The molecule has 0 fully saturated rings. The Hall–Kier alpha value is -3.87. The van der Waals surface area contributed by atoms with Crippen LogP contribution in [0.15, 0.2) is 143 Å². The maximum atomic E-state index is 13.1. The average Bonchev–Trinajstić information content (AvgIpc) is 3.11. The van der Waals surface area contributed by atoms with E-state index in [0.29, 0.717) is 4.90 Å². The van der Waals surface area contributed by atoms with Crippen LogP contribution in [0.1, 0.15) is 54.1 Å². The summed E-state index contributed by atoms with van der Waals surface area (Å²) >= 11 is 23.9. The number of fused-ring (bicyclic) bond motifs is 4. The van der Waals surface area contributed by atoms with Gasteiger partial charge in [0.25, 0.3) is 0 Å². The third-order valence-electron chi connectivity index (χ3n) is 8.61. The first kappa shape index (κ1) is 40.8. The largest absolute Gasteiger partial charge is 0.289 e. The lowest BCUT2D eigenvalue weighted by Crippen LogP contribution is -2.20. The minimum atomic E-state index is -3.86. The Morgan fingerprint density at radius 1 is 0.509 bits per heavy atom. The number of hydrogen-bond donors (Lipinski definition) is 1. The van der Waals surface area contributed by atoms with E-state index in [1.807, 2.05) is 26.0 Å². The van der Waals surface area contributed by atoms with Gasteiger partial charge in [-0.1, -0.05) is 83.0 Å². The molecule has 0 unspecified atom stereocenters. The number of thiol groups is 1. The molecule has 0 saturated heterocycles. The number of rotatable bonds is 2. The van der Waals surface area contributed by atoms with Gasteiger partial charge in [0, 0.05) is 36.9 Å². The summed E-state index contributed by atoms with van der Waals surface area (Å²) in [6, 6.07) is 30.7. The van der Waals surface area contributed by atoms with Crippen molar-refractivity contribution in [3.8, 4) is 0 Å². The molecule has 0 aliphatic carbocycles. The highest BCUT2D eigenvalue weighted by Crippen LogP contribution is 2.44. The smallest absolute Gasteiger partial charge is 0.209 e. The molecule has 0 N–H and O–H groups in total. The summed E-state index contributed by atoms with van der Waals surface area (Å²) in [4.78, 5) is 27.4. The SMILES string of the molecule is Cc1cc(C)cc(S)c1.Cc1cc(C)cc(Sc2ccc3c(c2Cl)S(=O)(=O)c2ccccc2C3=O)c1.O=C1c2ccccc2S(=O)(=O)c2c1ccc(Cl)c2Cl. The van der Waals surface area contributed by atoms with Crippen LogP contribution in [0.3, 0.4) is 0 Å². The van der Waals surface area contributed by atoms with Crippen LogP contribution in [0.25, 0.3) is 0 Å². The maximum absolute atomic E-state index is 13.1. The van der Waals surface area contributed by atoms with Crippen molar-refractivity contribution in [3.05, 3.63) is 169 Å². The predicted molar refractivity (Wildman–Crippen MR) is 222 cm³/mol. The molecule has 0 atom stereocenters.